The average molecular weight is 369 g/mol. The Morgan fingerprint density at radius 3 is 2.81 bits per heavy atom. The van der Waals surface area contributed by atoms with Crippen molar-refractivity contribution < 1.29 is 9.32 Å². The third-order valence-electron chi connectivity index (χ3n) is 5.04. The van der Waals surface area contributed by atoms with Crippen molar-refractivity contribution in [2.75, 3.05) is 26.7 Å². The SMILES string of the molecule is Cc1noc(C2CN(C(=O)NCc3nc4ccccc4n3C)CCN2C)n1. The smallest absolute Gasteiger partial charge is 0.317 e. The Morgan fingerprint density at radius 1 is 1.26 bits per heavy atom. The molecular formula is C18H23N7O2. The van der Waals surface area contributed by atoms with Gasteiger partial charge in [-0.15, -0.1) is 0 Å². The van der Waals surface area contributed by atoms with Crippen LogP contribution in [0.5, 0.6) is 0 Å². The van der Waals surface area contributed by atoms with Gasteiger partial charge in [0, 0.05) is 26.7 Å². The molecule has 9 nitrogen and oxygen atoms in total. The predicted molar refractivity (Wildman–Crippen MR) is 98.9 cm³/mol. The Balaban J connectivity index is 1.42. The summed E-state index contributed by atoms with van der Waals surface area (Å²) in [5.41, 5.74) is 1.98. The number of likely N-dealkylation sites (N-methyl/N-ethyl adjacent to an activating group) is 1. The van der Waals surface area contributed by atoms with E-state index in [0.717, 1.165) is 23.4 Å². The molecule has 2 aromatic heterocycles. The van der Waals surface area contributed by atoms with E-state index in [-0.39, 0.29) is 12.1 Å². The van der Waals surface area contributed by atoms with Gasteiger partial charge in [0.25, 0.3) is 0 Å². The second-order valence-electron chi connectivity index (χ2n) is 6.86. The normalized spacial score (nSPS) is 18.2. The molecule has 0 spiro atoms. The lowest BCUT2D eigenvalue weighted by atomic mass is 10.2. The molecule has 3 aromatic rings. The van der Waals surface area contributed by atoms with Gasteiger partial charge in [-0.1, -0.05) is 17.3 Å². The third-order valence-corrected chi connectivity index (χ3v) is 5.04. The zero-order chi connectivity index (χ0) is 19.0. The van der Waals surface area contributed by atoms with Crippen LogP contribution >= 0.6 is 0 Å². The van der Waals surface area contributed by atoms with Crippen LogP contribution in [0.25, 0.3) is 11.0 Å². The van der Waals surface area contributed by atoms with Crippen LogP contribution in [0.3, 0.4) is 0 Å². The van der Waals surface area contributed by atoms with Gasteiger partial charge in [0.2, 0.25) is 5.89 Å². The number of hydrogen-bond acceptors (Lipinski definition) is 6. The Bertz CT molecular complexity index is 964. The molecule has 142 valence electrons. The van der Waals surface area contributed by atoms with E-state index in [1.54, 1.807) is 11.8 Å². The number of aryl methyl sites for hydroxylation is 2. The van der Waals surface area contributed by atoms with Gasteiger partial charge in [-0.25, -0.2) is 9.78 Å². The van der Waals surface area contributed by atoms with E-state index in [0.29, 0.717) is 31.3 Å². The van der Waals surface area contributed by atoms with Crippen molar-refractivity contribution in [1.29, 1.82) is 0 Å². The van der Waals surface area contributed by atoms with Crippen molar-refractivity contribution in [3.63, 3.8) is 0 Å². The van der Waals surface area contributed by atoms with Crippen LogP contribution in [0.2, 0.25) is 0 Å². The maximum absolute atomic E-state index is 12.7. The van der Waals surface area contributed by atoms with Crippen molar-refractivity contribution >= 4 is 17.1 Å². The number of carbonyl (C=O) groups is 1. The second kappa shape index (κ2) is 6.99. The van der Waals surface area contributed by atoms with Crippen molar-refractivity contribution in [2.45, 2.75) is 19.5 Å². The highest BCUT2D eigenvalue weighted by Gasteiger charge is 2.32. The van der Waals surface area contributed by atoms with Crippen molar-refractivity contribution in [3.05, 3.63) is 41.8 Å². The van der Waals surface area contributed by atoms with E-state index in [1.165, 1.54) is 0 Å². The van der Waals surface area contributed by atoms with Gasteiger partial charge in [-0.05, 0) is 26.1 Å². The first-order valence-electron chi connectivity index (χ1n) is 8.96. The summed E-state index contributed by atoms with van der Waals surface area (Å²) in [6, 6.07) is 7.72. The van der Waals surface area contributed by atoms with Gasteiger partial charge in [0.15, 0.2) is 5.82 Å². The van der Waals surface area contributed by atoms with Crippen LogP contribution in [0.1, 0.15) is 23.6 Å². The monoisotopic (exact) mass is 369 g/mol. The molecule has 0 bridgehead atoms. The lowest BCUT2D eigenvalue weighted by Crippen LogP contribution is -2.52. The second-order valence-corrected chi connectivity index (χ2v) is 6.86. The first-order chi connectivity index (χ1) is 13.0. The largest absolute Gasteiger partial charge is 0.338 e. The molecule has 3 heterocycles. The van der Waals surface area contributed by atoms with Gasteiger partial charge in [-0.2, -0.15) is 4.98 Å². The van der Waals surface area contributed by atoms with E-state index < -0.39 is 0 Å². The number of piperazine rings is 1. The summed E-state index contributed by atoms with van der Waals surface area (Å²) in [7, 11) is 3.96. The predicted octanol–water partition coefficient (Wildman–Crippen LogP) is 1.46. The number of fused-ring (bicyclic) bond motifs is 1. The number of hydrogen-bond donors (Lipinski definition) is 1. The van der Waals surface area contributed by atoms with E-state index in [4.69, 9.17) is 4.52 Å². The number of para-hydroxylation sites is 2. The molecule has 1 N–H and O–H groups in total. The van der Waals surface area contributed by atoms with Crippen LogP contribution in [0, 0.1) is 6.92 Å². The minimum Gasteiger partial charge on any atom is -0.338 e. The number of nitrogens with zero attached hydrogens (tertiary/aromatic N) is 6. The maximum Gasteiger partial charge on any atom is 0.317 e. The van der Waals surface area contributed by atoms with Gasteiger partial charge in [-0.3, -0.25) is 4.90 Å². The minimum absolute atomic E-state index is 0.0959. The zero-order valence-electron chi connectivity index (χ0n) is 15.7. The average Bonchev–Trinajstić information content (AvgIpc) is 3.24. The van der Waals surface area contributed by atoms with Gasteiger partial charge >= 0.3 is 6.03 Å². The molecule has 1 saturated heterocycles. The molecule has 0 saturated carbocycles. The van der Waals surface area contributed by atoms with E-state index in [9.17, 15) is 4.79 Å². The number of rotatable bonds is 3. The van der Waals surface area contributed by atoms with Gasteiger partial charge in [0.1, 0.15) is 11.9 Å². The highest BCUT2D eigenvalue weighted by molar-refractivity contribution is 5.76. The van der Waals surface area contributed by atoms with E-state index in [2.05, 4.69) is 25.3 Å². The molecule has 2 amide bonds. The highest BCUT2D eigenvalue weighted by Crippen LogP contribution is 2.22. The molecule has 4 rings (SSSR count). The Hall–Kier alpha value is -2.94. The summed E-state index contributed by atoms with van der Waals surface area (Å²) in [6.07, 6.45) is 0. The van der Waals surface area contributed by atoms with E-state index >= 15 is 0 Å². The summed E-state index contributed by atoms with van der Waals surface area (Å²) in [4.78, 5) is 25.5. The summed E-state index contributed by atoms with van der Waals surface area (Å²) in [5, 5.41) is 6.84. The van der Waals surface area contributed by atoms with Gasteiger partial charge in [0.05, 0.1) is 17.6 Å². The number of imidazole rings is 1. The summed E-state index contributed by atoms with van der Waals surface area (Å²) < 4.78 is 7.31. The standard InChI is InChI=1S/C18H23N7O2/c1-12-20-17(27-22-12)15-11-25(9-8-23(15)2)18(26)19-10-16-21-13-6-4-5-7-14(13)24(16)3/h4-7,15H,8-11H2,1-3H3,(H,19,26). The molecule has 1 unspecified atom stereocenters. The Kier molecular flexibility index (Phi) is 4.53. The van der Waals surface area contributed by atoms with Crippen molar-refractivity contribution in [2.24, 2.45) is 7.05 Å². The first-order valence-corrected chi connectivity index (χ1v) is 8.96. The fourth-order valence-electron chi connectivity index (χ4n) is 3.39. The summed E-state index contributed by atoms with van der Waals surface area (Å²) in [6.45, 7) is 4.06. The number of benzene rings is 1. The van der Waals surface area contributed by atoms with E-state index in [1.807, 2.05) is 42.9 Å². The molecule has 0 radical (unpaired) electrons. The number of nitrogens with one attached hydrogen (secondary N) is 1. The molecule has 27 heavy (non-hydrogen) atoms. The molecule has 1 aliphatic rings. The van der Waals surface area contributed by atoms with Crippen LogP contribution in [0.4, 0.5) is 4.79 Å². The Labute approximate surface area is 157 Å². The molecule has 0 aliphatic carbocycles. The first kappa shape index (κ1) is 17.5. The third kappa shape index (κ3) is 3.37. The molecule has 1 aliphatic heterocycles. The Morgan fingerprint density at radius 2 is 2.07 bits per heavy atom. The fraction of sp³-hybridized carbons (Fsp3) is 0.444. The lowest BCUT2D eigenvalue weighted by molar-refractivity contribution is 0.0909. The molecule has 9 heteroatoms. The maximum atomic E-state index is 12.7. The van der Waals surface area contributed by atoms with Crippen LogP contribution in [-0.4, -0.2) is 62.2 Å². The molecule has 1 atom stereocenters. The molecule has 1 aromatic carbocycles. The van der Waals surface area contributed by atoms with Crippen LogP contribution in [-0.2, 0) is 13.6 Å². The van der Waals surface area contributed by atoms with Crippen LogP contribution < -0.4 is 5.32 Å². The number of carbonyl (C=O) groups excluding carboxylic acids is 1. The number of urea groups is 1. The van der Waals surface area contributed by atoms with Crippen LogP contribution in [0.15, 0.2) is 28.8 Å². The van der Waals surface area contributed by atoms with Crippen molar-refractivity contribution in [1.82, 2.24) is 34.8 Å². The zero-order valence-corrected chi connectivity index (χ0v) is 15.7. The van der Waals surface area contributed by atoms with Gasteiger partial charge < -0.3 is 19.3 Å². The number of amides is 2. The summed E-state index contributed by atoms with van der Waals surface area (Å²) in [5.74, 6) is 1.97. The quantitative estimate of drug-likeness (QED) is 0.751. The summed E-state index contributed by atoms with van der Waals surface area (Å²) >= 11 is 0. The van der Waals surface area contributed by atoms with Crippen molar-refractivity contribution in [3.8, 4) is 0 Å². The number of aromatic nitrogens is 4. The molecule has 1 fully saturated rings. The topological polar surface area (TPSA) is 92.3 Å². The minimum atomic E-state index is -0.114. The fourth-order valence-corrected chi connectivity index (χ4v) is 3.39. The highest BCUT2D eigenvalue weighted by atomic mass is 16.5. The molecular weight excluding hydrogens is 346 g/mol. The lowest BCUT2D eigenvalue weighted by Gasteiger charge is -2.37.